The van der Waals surface area contributed by atoms with Gasteiger partial charge in [0.15, 0.2) is 0 Å². The van der Waals surface area contributed by atoms with E-state index in [0.29, 0.717) is 15.6 Å². The van der Waals surface area contributed by atoms with E-state index >= 15 is 0 Å². The molecule has 1 nitrogen and oxygen atoms in total. The molecule has 3 heteroatoms. The topological polar surface area (TPSA) is 20.2 Å². The Labute approximate surface area is 123 Å². The zero-order valence-electron chi connectivity index (χ0n) is 10.7. The van der Waals surface area contributed by atoms with Crippen LogP contribution >= 0.6 is 23.2 Å². The zero-order chi connectivity index (χ0) is 13.8. The number of rotatable bonds is 4. The fourth-order valence-corrected chi connectivity index (χ4v) is 2.57. The number of halogens is 2. The second-order valence-corrected chi connectivity index (χ2v) is 5.40. The van der Waals surface area contributed by atoms with Crippen LogP contribution in [0.3, 0.4) is 0 Å². The average molecular weight is 295 g/mol. The molecule has 0 heterocycles. The highest BCUT2D eigenvalue weighted by molar-refractivity contribution is 6.35. The second-order valence-electron chi connectivity index (χ2n) is 4.56. The predicted molar refractivity (Wildman–Crippen MR) is 81.0 cm³/mol. The molecule has 0 amide bonds. The Morgan fingerprint density at radius 1 is 1.05 bits per heavy atom. The molecule has 1 atom stereocenters. The summed E-state index contributed by atoms with van der Waals surface area (Å²) in [4.78, 5) is 0. The third-order valence-electron chi connectivity index (χ3n) is 3.09. The van der Waals surface area contributed by atoms with Crippen LogP contribution in [0.25, 0.3) is 0 Å². The first-order valence-corrected chi connectivity index (χ1v) is 7.09. The van der Waals surface area contributed by atoms with Crippen molar-refractivity contribution in [2.24, 2.45) is 0 Å². The van der Waals surface area contributed by atoms with Gasteiger partial charge in [0.05, 0.1) is 0 Å². The van der Waals surface area contributed by atoms with Crippen molar-refractivity contribution < 1.29 is 5.11 Å². The quantitative estimate of drug-likeness (QED) is 0.839. The van der Waals surface area contributed by atoms with Gasteiger partial charge < -0.3 is 5.11 Å². The normalized spacial score (nSPS) is 12.4. The van der Waals surface area contributed by atoms with Gasteiger partial charge in [0.1, 0.15) is 6.10 Å². The number of aryl methyl sites for hydroxylation is 1. The third-order valence-corrected chi connectivity index (χ3v) is 3.65. The Bertz CT molecular complexity index is 549. The lowest BCUT2D eigenvalue weighted by Gasteiger charge is -2.14. The van der Waals surface area contributed by atoms with Gasteiger partial charge in [0, 0.05) is 15.6 Å². The van der Waals surface area contributed by atoms with Gasteiger partial charge in [-0.1, -0.05) is 66.9 Å². The Morgan fingerprint density at radius 2 is 1.74 bits per heavy atom. The number of aliphatic hydroxyl groups is 1. The molecule has 19 heavy (non-hydrogen) atoms. The Hall–Kier alpha value is -1.02. The molecule has 100 valence electrons. The van der Waals surface area contributed by atoms with Crippen molar-refractivity contribution in [3.8, 4) is 0 Å². The van der Waals surface area contributed by atoms with E-state index in [4.69, 9.17) is 23.2 Å². The Morgan fingerprint density at radius 3 is 2.32 bits per heavy atom. The van der Waals surface area contributed by atoms with Gasteiger partial charge in [-0.25, -0.2) is 0 Å². The van der Waals surface area contributed by atoms with Crippen LogP contribution in [-0.4, -0.2) is 5.11 Å². The van der Waals surface area contributed by atoms with Gasteiger partial charge in [-0.2, -0.15) is 0 Å². The van der Waals surface area contributed by atoms with Crippen molar-refractivity contribution in [2.45, 2.75) is 25.9 Å². The van der Waals surface area contributed by atoms with Gasteiger partial charge in [0.25, 0.3) is 0 Å². The molecular formula is C16H16Cl2O. The zero-order valence-corrected chi connectivity index (χ0v) is 12.2. The van der Waals surface area contributed by atoms with Gasteiger partial charge in [0.2, 0.25) is 0 Å². The molecule has 0 spiro atoms. The summed E-state index contributed by atoms with van der Waals surface area (Å²) in [6.07, 6.45) is 1.45. The first kappa shape index (κ1) is 14.4. The lowest BCUT2D eigenvalue weighted by atomic mass is 9.99. The van der Waals surface area contributed by atoms with Gasteiger partial charge >= 0.3 is 0 Å². The first-order chi connectivity index (χ1) is 9.11. The number of aliphatic hydroxyl groups excluding tert-OH is 1. The lowest BCUT2D eigenvalue weighted by molar-refractivity contribution is 0.220. The highest BCUT2D eigenvalue weighted by atomic mass is 35.5. The molecule has 2 rings (SSSR count). The molecule has 0 aromatic heterocycles. The van der Waals surface area contributed by atoms with Crippen LogP contribution in [0.2, 0.25) is 10.0 Å². The van der Waals surface area contributed by atoms with Crippen molar-refractivity contribution in [2.75, 3.05) is 0 Å². The van der Waals surface area contributed by atoms with Gasteiger partial charge in [-0.15, -0.1) is 0 Å². The second kappa shape index (κ2) is 6.42. The van der Waals surface area contributed by atoms with Crippen molar-refractivity contribution in [3.05, 3.63) is 69.2 Å². The summed E-state index contributed by atoms with van der Waals surface area (Å²) < 4.78 is 0. The van der Waals surface area contributed by atoms with E-state index in [1.807, 2.05) is 24.3 Å². The van der Waals surface area contributed by atoms with Crippen molar-refractivity contribution in [3.63, 3.8) is 0 Å². The maximum absolute atomic E-state index is 10.4. The maximum Gasteiger partial charge on any atom is 0.105 e. The van der Waals surface area contributed by atoms with Crippen molar-refractivity contribution in [1.29, 1.82) is 0 Å². The molecule has 0 saturated heterocycles. The monoisotopic (exact) mass is 294 g/mol. The van der Waals surface area contributed by atoms with Gasteiger partial charge in [-0.05, 0) is 29.7 Å². The van der Waals surface area contributed by atoms with E-state index in [1.165, 1.54) is 5.56 Å². The van der Waals surface area contributed by atoms with Crippen LogP contribution in [-0.2, 0) is 6.42 Å². The number of hydrogen-bond acceptors (Lipinski definition) is 1. The number of benzene rings is 2. The molecule has 0 saturated carbocycles. The maximum atomic E-state index is 10.4. The van der Waals surface area contributed by atoms with Crippen LogP contribution in [0.4, 0.5) is 0 Å². The highest BCUT2D eigenvalue weighted by Gasteiger charge is 2.14. The van der Waals surface area contributed by atoms with E-state index in [9.17, 15) is 5.11 Å². The predicted octanol–water partition coefficient (Wildman–Crippen LogP) is 5.03. The SMILES string of the molecule is CCCc1ccc(C(O)c2ccc(Cl)cc2Cl)cc1. The molecule has 1 unspecified atom stereocenters. The van der Waals surface area contributed by atoms with E-state index in [0.717, 1.165) is 18.4 Å². The fraction of sp³-hybridized carbons (Fsp3) is 0.250. The minimum Gasteiger partial charge on any atom is -0.384 e. The van der Waals surface area contributed by atoms with Crippen LogP contribution in [0.1, 0.15) is 36.1 Å². The summed E-state index contributed by atoms with van der Waals surface area (Å²) in [6, 6.07) is 13.1. The third kappa shape index (κ3) is 3.50. The molecule has 1 N–H and O–H groups in total. The standard InChI is InChI=1S/C16H16Cl2O/c1-2-3-11-4-6-12(7-5-11)16(19)14-9-8-13(17)10-15(14)18/h4-10,16,19H,2-3H2,1H3. The summed E-state index contributed by atoms with van der Waals surface area (Å²) in [5.74, 6) is 0. The molecule has 0 radical (unpaired) electrons. The molecule has 0 aliphatic carbocycles. The minimum absolute atomic E-state index is 0.484. The van der Waals surface area contributed by atoms with Crippen molar-refractivity contribution in [1.82, 2.24) is 0 Å². The molecule has 0 aliphatic heterocycles. The van der Waals surface area contributed by atoms with Crippen LogP contribution in [0, 0.1) is 0 Å². The van der Waals surface area contributed by atoms with E-state index < -0.39 is 6.10 Å². The molecule has 0 aliphatic rings. The Balaban J connectivity index is 2.25. The minimum atomic E-state index is -0.722. The summed E-state index contributed by atoms with van der Waals surface area (Å²) in [5.41, 5.74) is 2.79. The van der Waals surface area contributed by atoms with E-state index in [2.05, 4.69) is 6.92 Å². The molecule has 2 aromatic rings. The fourth-order valence-electron chi connectivity index (χ4n) is 2.06. The van der Waals surface area contributed by atoms with Gasteiger partial charge in [-0.3, -0.25) is 0 Å². The summed E-state index contributed by atoms with van der Waals surface area (Å²) >= 11 is 12.0. The Kier molecular flexibility index (Phi) is 4.87. The smallest absolute Gasteiger partial charge is 0.105 e. The summed E-state index contributed by atoms with van der Waals surface area (Å²) in [7, 11) is 0. The average Bonchev–Trinajstić information content (AvgIpc) is 2.39. The molecule has 2 aromatic carbocycles. The van der Waals surface area contributed by atoms with Crippen LogP contribution < -0.4 is 0 Å². The lowest BCUT2D eigenvalue weighted by Crippen LogP contribution is -2.00. The van der Waals surface area contributed by atoms with E-state index in [1.54, 1.807) is 18.2 Å². The van der Waals surface area contributed by atoms with Crippen molar-refractivity contribution >= 4 is 23.2 Å². The highest BCUT2D eigenvalue weighted by Crippen LogP contribution is 2.30. The van der Waals surface area contributed by atoms with Crippen LogP contribution in [0.5, 0.6) is 0 Å². The summed E-state index contributed by atoms with van der Waals surface area (Å²) in [6.45, 7) is 2.15. The largest absolute Gasteiger partial charge is 0.384 e. The van der Waals surface area contributed by atoms with Crippen LogP contribution in [0.15, 0.2) is 42.5 Å². The first-order valence-electron chi connectivity index (χ1n) is 6.33. The summed E-state index contributed by atoms with van der Waals surface area (Å²) in [5, 5.41) is 11.4. The molecular weight excluding hydrogens is 279 g/mol. The number of hydrogen-bond donors (Lipinski definition) is 1. The molecule has 0 bridgehead atoms. The molecule has 0 fully saturated rings. The van der Waals surface area contributed by atoms with E-state index in [-0.39, 0.29) is 0 Å².